The molecule has 2 unspecified atom stereocenters. The van der Waals surface area contributed by atoms with Crippen LogP contribution in [0, 0.1) is 0 Å². The minimum absolute atomic E-state index is 0.0360. The first kappa shape index (κ1) is 65.1. The Bertz CT molecular complexity index is 1580. The fourth-order valence-electron chi connectivity index (χ4n) is 6.61. The molecule has 0 saturated carbocycles. The Hall–Kier alpha value is -3.85. The van der Waals surface area contributed by atoms with Crippen LogP contribution in [0.25, 0.3) is 0 Å². The SMILES string of the molecule is CC/C=C\C/C=C\C/C=C\C/C=C\C/C=C\C/C=C\C/C=C\C/C=C\C/C=C\CCCC(=O)OC(COC(=O)CCCCCCCCCCC/C=C\C/C=C\CCCCC)COP(=O)(O)OCCN. The van der Waals surface area contributed by atoms with Crippen molar-refractivity contribution < 1.29 is 37.6 Å². The maximum Gasteiger partial charge on any atom is 0.472 e. The van der Waals surface area contributed by atoms with Gasteiger partial charge in [-0.25, -0.2) is 4.57 Å². The molecule has 3 N–H and O–H groups in total. The Balaban J connectivity index is 4.20. The van der Waals surface area contributed by atoms with E-state index in [4.69, 9.17) is 24.3 Å². The summed E-state index contributed by atoms with van der Waals surface area (Å²) in [6, 6.07) is 0. The molecule has 0 bridgehead atoms. The van der Waals surface area contributed by atoms with Crippen molar-refractivity contribution >= 4 is 19.8 Å². The summed E-state index contributed by atoms with van der Waals surface area (Å²) in [6.45, 7) is 3.51. The second kappa shape index (κ2) is 53.5. The van der Waals surface area contributed by atoms with Crippen molar-refractivity contribution in [2.24, 2.45) is 5.73 Å². The molecule has 0 saturated heterocycles. The van der Waals surface area contributed by atoms with Crippen molar-refractivity contribution in [1.82, 2.24) is 0 Å². The van der Waals surface area contributed by atoms with Crippen LogP contribution in [-0.2, 0) is 32.7 Å². The van der Waals surface area contributed by atoms with E-state index in [1.54, 1.807) is 0 Å². The quantitative estimate of drug-likeness (QED) is 0.0264. The molecule has 390 valence electrons. The highest BCUT2D eigenvalue weighted by molar-refractivity contribution is 7.47. The van der Waals surface area contributed by atoms with Crippen LogP contribution in [0.2, 0.25) is 0 Å². The molecule has 0 heterocycles. The van der Waals surface area contributed by atoms with Crippen LogP contribution in [0.1, 0.15) is 194 Å². The number of allylic oxidation sites excluding steroid dienone is 22. The van der Waals surface area contributed by atoms with Crippen LogP contribution < -0.4 is 5.73 Å². The van der Waals surface area contributed by atoms with Crippen molar-refractivity contribution in [2.45, 2.75) is 200 Å². The van der Waals surface area contributed by atoms with Gasteiger partial charge >= 0.3 is 19.8 Å². The van der Waals surface area contributed by atoms with Crippen LogP contribution in [0.15, 0.2) is 134 Å². The van der Waals surface area contributed by atoms with Crippen molar-refractivity contribution in [3.05, 3.63) is 134 Å². The normalized spacial score (nSPS) is 14.2. The summed E-state index contributed by atoms with van der Waals surface area (Å²) >= 11 is 0. The monoisotopic (exact) mass is 978 g/mol. The molecule has 9 nitrogen and oxygen atoms in total. The molecule has 0 amide bonds. The summed E-state index contributed by atoms with van der Waals surface area (Å²) in [4.78, 5) is 35.1. The molecule has 0 radical (unpaired) electrons. The number of esters is 2. The molecule has 0 fully saturated rings. The van der Waals surface area contributed by atoms with E-state index >= 15 is 0 Å². The van der Waals surface area contributed by atoms with E-state index in [0.29, 0.717) is 19.3 Å². The maximum atomic E-state index is 12.7. The van der Waals surface area contributed by atoms with Gasteiger partial charge in [-0.05, 0) is 109 Å². The van der Waals surface area contributed by atoms with Crippen LogP contribution in [-0.4, -0.2) is 49.3 Å². The van der Waals surface area contributed by atoms with Crippen LogP contribution in [0.5, 0.6) is 0 Å². The van der Waals surface area contributed by atoms with E-state index < -0.39 is 32.5 Å². The van der Waals surface area contributed by atoms with Crippen molar-refractivity contribution in [1.29, 1.82) is 0 Å². The number of unbranched alkanes of at least 4 members (excludes halogenated alkanes) is 13. The Labute approximate surface area is 421 Å². The summed E-state index contributed by atoms with van der Waals surface area (Å²) in [7, 11) is -4.41. The molecule has 0 aliphatic rings. The average molecular weight is 978 g/mol. The zero-order valence-corrected chi connectivity index (χ0v) is 44.1. The van der Waals surface area contributed by atoms with E-state index in [1.807, 2.05) is 6.08 Å². The number of ether oxygens (including phenoxy) is 2. The van der Waals surface area contributed by atoms with Gasteiger partial charge in [0, 0.05) is 19.4 Å². The third kappa shape index (κ3) is 53.4. The van der Waals surface area contributed by atoms with Gasteiger partial charge in [0.15, 0.2) is 6.10 Å². The molecule has 0 aliphatic carbocycles. The van der Waals surface area contributed by atoms with Gasteiger partial charge in [-0.15, -0.1) is 0 Å². The lowest BCUT2D eigenvalue weighted by molar-refractivity contribution is -0.161. The molecule has 0 aliphatic heterocycles. The first-order valence-corrected chi connectivity index (χ1v) is 28.2. The number of nitrogens with two attached hydrogens (primary N) is 1. The molecular weight excluding hydrogens is 882 g/mol. The second-order valence-corrected chi connectivity index (χ2v) is 18.5. The number of phosphoric ester groups is 1. The number of hydrogen-bond donors (Lipinski definition) is 2. The van der Waals surface area contributed by atoms with Crippen molar-refractivity contribution in [2.75, 3.05) is 26.4 Å². The fourth-order valence-corrected chi connectivity index (χ4v) is 7.37. The zero-order valence-electron chi connectivity index (χ0n) is 43.2. The molecule has 0 aromatic rings. The highest BCUT2D eigenvalue weighted by Gasteiger charge is 2.26. The van der Waals surface area contributed by atoms with Gasteiger partial charge in [0.05, 0.1) is 13.2 Å². The molecule has 0 aromatic carbocycles. The largest absolute Gasteiger partial charge is 0.472 e. The van der Waals surface area contributed by atoms with E-state index in [9.17, 15) is 19.0 Å². The minimum atomic E-state index is -4.41. The third-order valence-electron chi connectivity index (χ3n) is 10.5. The van der Waals surface area contributed by atoms with E-state index in [2.05, 4.69) is 141 Å². The standard InChI is InChI=1S/C59H96NO8P/c1-3-5-7-9-11-13-15-17-19-21-23-24-25-26-27-28-29-30-31-32-34-36-38-40-42-44-46-48-50-52-59(62)68-57(56-67-69(63,64)66-54-53-60)55-65-58(61)51-49-47-45-43-41-39-37-35-33-22-20-18-16-14-12-10-8-6-4-2/h5,7,11-14,17-20,23-24,26-27,29-30,32,34,38,40,44,46,57H,3-4,6,8-10,15-16,21-22,25,28,31,33,35-37,39,41-43,45,47-56,60H2,1-2H3,(H,63,64)/b7-5-,13-11-,14-12-,19-17-,20-18-,24-23-,27-26-,30-29-,34-32-,40-38-,46-44-. The minimum Gasteiger partial charge on any atom is -0.462 e. The van der Waals surface area contributed by atoms with Crippen LogP contribution in [0.4, 0.5) is 0 Å². The Morgan fingerprint density at radius 3 is 1.23 bits per heavy atom. The molecule has 69 heavy (non-hydrogen) atoms. The highest BCUT2D eigenvalue weighted by atomic mass is 31.2. The summed E-state index contributed by atoms with van der Waals surface area (Å²) in [5.74, 6) is -0.913. The smallest absolute Gasteiger partial charge is 0.462 e. The number of hydrogen-bond acceptors (Lipinski definition) is 8. The third-order valence-corrected chi connectivity index (χ3v) is 11.5. The summed E-state index contributed by atoms with van der Waals surface area (Å²) in [6.07, 6.45) is 75.0. The first-order valence-electron chi connectivity index (χ1n) is 26.7. The van der Waals surface area contributed by atoms with E-state index in [1.165, 1.54) is 57.8 Å². The lowest BCUT2D eigenvalue weighted by Crippen LogP contribution is -2.29. The predicted molar refractivity (Wildman–Crippen MR) is 293 cm³/mol. The average Bonchev–Trinajstić information content (AvgIpc) is 3.34. The Morgan fingerprint density at radius 1 is 0.449 bits per heavy atom. The lowest BCUT2D eigenvalue weighted by atomic mass is 10.1. The first-order chi connectivity index (χ1) is 33.8. The number of rotatable bonds is 48. The van der Waals surface area contributed by atoms with Crippen molar-refractivity contribution in [3.63, 3.8) is 0 Å². The van der Waals surface area contributed by atoms with Crippen LogP contribution in [0.3, 0.4) is 0 Å². The van der Waals surface area contributed by atoms with Crippen molar-refractivity contribution in [3.8, 4) is 0 Å². The molecule has 0 spiro atoms. The Morgan fingerprint density at radius 2 is 0.812 bits per heavy atom. The number of carbonyl (C=O) groups excluding carboxylic acids is 2. The molecule has 0 aromatic heterocycles. The maximum absolute atomic E-state index is 12.7. The van der Waals surface area contributed by atoms with Crippen LogP contribution >= 0.6 is 7.82 Å². The lowest BCUT2D eigenvalue weighted by Gasteiger charge is -2.19. The molecule has 2 atom stereocenters. The summed E-state index contributed by atoms with van der Waals surface area (Å²) in [5.41, 5.74) is 5.37. The predicted octanol–water partition coefficient (Wildman–Crippen LogP) is 16.6. The summed E-state index contributed by atoms with van der Waals surface area (Å²) in [5, 5.41) is 0. The van der Waals surface area contributed by atoms with Gasteiger partial charge in [-0.2, -0.15) is 0 Å². The zero-order chi connectivity index (χ0) is 50.2. The van der Waals surface area contributed by atoms with E-state index in [-0.39, 0.29) is 32.6 Å². The highest BCUT2D eigenvalue weighted by Crippen LogP contribution is 2.43. The van der Waals surface area contributed by atoms with Gasteiger partial charge in [-0.1, -0.05) is 205 Å². The van der Waals surface area contributed by atoms with Gasteiger partial charge < -0.3 is 20.1 Å². The number of carbonyl (C=O) groups is 2. The molecular formula is C59H96NO8P. The molecule has 10 heteroatoms. The van der Waals surface area contributed by atoms with Gasteiger partial charge in [-0.3, -0.25) is 18.6 Å². The topological polar surface area (TPSA) is 134 Å². The van der Waals surface area contributed by atoms with E-state index in [0.717, 1.165) is 89.9 Å². The molecule has 0 rings (SSSR count). The van der Waals surface area contributed by atoms with Gasteiger partial charge in [0.1, 0.15) is 6.61 Å². The van der Waals surface area contributed by atoms with Gasteiger partial charge in [0.2, 0.25) is 0 Å². The fraction of sp³-hybridized carbons (Fsp3) is 0.593. The second-order valence-electron chi connectivity index (χ2n) is 17.0. The van der Waals surface area contributed by atoms with Gasteiger partial charge in [0.25, 0.3) is 0 Å². The Kier molecular flexibility index (Phi) is 50.5. The summed E-state index contributed by atoms with van der Waals surface area (Å²) < 4.78 is 32.9. The number of phosphoric acid groups is 1.